The highest BCUT2D eigenvalue weighted by molar-refractivity contribution is 6.31. The summed E-state index contributed by atoms with van der Waals surface area (Å²) in [4.78, 5) is 8.72. The first kappa shape index (κ1) is 18.0. The van der Waals surface area contributed by atoms with E-state index in [1.165, 1.54) is 0 Å². The summed E-state index contributed by atoms with van der Waals surface area (Å²) in [5.74, 6) is 2.09. The lowest BCUT2D eigenvalue weighted by Gasteiger charge is -2.11. The Bertz CT molecular complexity index is 852. The second-order valence-corrected chi connectivity index (χ2v) is 6.43. The monoisotopic (exact) mass is 368 g/mol. The summed E-state index contributed by atoms with van der Waals surface area (Å²) in [5.41, 5.74) is 1.92. The van der Waals surface area contributed by atoms with Crippen molar-refractivity contribution in [3.63, 3.8) is 0 Å². The second kappa shape index (κ2) is 8.54. The first-order chi connectivity index (χ1) is 12.6. The average molecular weight is 369 g/mol. The molecule has 0 amide bonds. The maximum atomic E-state index is 6.17. The molecule has 26 heavy (non-hydrogen) atoms. The molecule has 0 aliphatic rings. The van der Waals surface area contributed by atoms with Crippen molar-refractivity contribution in [2.45, 2.75) is 26.5 Å². The molecular weight excluding hydrogens is 348 g/mol. The molecule has 3 aromatic rings. The summed E-state index contributed by atoms with van der Waals surface area (Å²) < 4.78 is 5.65. The highest BCUT2D eigenvalue weighted by Crippen LogP contribution is 2.20. The summed E-state index contributed by atoms with van der Waals surface area (Å²) in [7, 11) is 0. The normalized spacial score (nSPS) is 10.6. The van der Waals surface area contributed by atoms with Gasteiger partial charge in [-0.2, -0.15) is 4.98 Å². The average Bonchev–Trinajstić information content (AvgIpc) is 2.63. The van der Waals surface area contributed by atoms with Crippen molar-refractivity contribution in [3.05, 3.63) is 71.4 Å². The van der Waals surface area contributed by atoms with Gasteiger partial charge in [-0.1, -0.05) is 29.8 Å². The zero-order chi connectivity index (χ0) is 18.4. The SMILES string of the molecule is CC(C)Oc1ccc(Nc2ccnc(NCc3ccccc3Cl)n2)cc1. The number of halogens is 1. The molecule has 0 saturated heterocycles. The van der Waals surface area contributed by atoms with Gasteiger partial charge < -0.3 is 15.4 Å². The van der Waals surface area contributed by atoms with Crippen LogP contribution in [0.2, 0.25) is 5.02 Å². The van der Waals surface area contributed by atoms with Crippen LogP contribution in [0.15, 0.2) is 60.8 Å². The highest BCUT2D eigenvalue weighted by Gasteiger charge is 2.03. The van der Waals surface area contributed by atoms with Gasteiger partial charge in [0.05, 0.1) is 6.10 Å². The Morgan fingerprint density at radius 3 is 2.54 bits per heavy atom. The molecule has 0 bridgehead atoms. The van der Waals surface area contributed by atoms with E-state index in [9.17, 15) is 0 Å². The van der Waals surface area contributed by atoms with Crippen molar-refractivity contribution in [1.82, 2.24) is 9.97 Å². The highest BCUT2D eigenvalue weighted by atomic mass is 35.5. The first-order valence-electron chi connectivity index (χ1n) is 8.44. The minimum atomic E-state index is 0.155. The predicted octanol–water partition coefficient (Wildman–Crippen LogP) is 5.27. The van der Waals surface area contributed by atoms with Crippen LogP contribution in [0.5, 0.6) is 5.75 Å². The van der Waals surface area contributed by atoms with Gasteiger partial charge in [-0.25, -0.2) is 4.98 Å². The molecule has 0 saturated carbocycles. The molecule has 5 nitrogen and oxygen atoms in total. The van der Waals surface area contributed by atoms with Gasteiger partial charge in [-0.3, -0.25) is 0 Å². The van der Waals surface area contributed by atoms with Gasteiger partial charge in [0.2, 0.25) is 5.95 Å². The first-order valence-corrected chi connectivity index (χ1v) is 8.82. The second-order valence-electron chi connectivity index (χ2n) is 6.03. The number of benzene rings is 2. The Kier molecular flexibility index (Phi) is 5.92. The maximum Gasteiger partial charge on any atom is 0.224 e. The molecule has 0 aliphatic carbocycles. The number of anilines is 3. The lowest BCUT2D eigenvalue weighted by molar-refractivity contribution is 0.242. The molecule has 0 unspecified atom stereocenters. The van der Waals surface area contributed by atoms with E-state index < -0.39 is 0 Å². The fourth-order valence-corrected chi connectivity index (χ4v) is 2.57. The number of aromatic nitrogens is 2. The molecule has 2 N–H and O–H groups in total. The molecule has 0 aliphatic heterocycles. The molecule has 3 rings (SSSR count). The zero-order valence-electron chi connectivity index (χ0n) is 14.7. The van der Waals surface area contributed by atoms with Gasteiger partial charge in [-0.05, 0) is 55.8 Å². The van der Waals surface area contributed by atoms with Crippen molar-refractivity contribution in [1.29, 1.82) is 0 Å². The van der Waals surface area contributed by atoms with Crippen LogP contribution in [-0.2, 0) is 6.54 Å². The Labute approximate surface area is 158 Å². The van der Waals surface area contributed by atoms with E-state index in [-0.39, 0.29) is 6.10 Å². The number of rotatable bonds is 7. The molecule has 134 valence electrons. The predicted molar refractivity (Wildman–Crippen MR) is 106 cm³/mol. The van der Waals surface area contributed by atoms with Gasteiger partial charge in [0, 0.05) is 23.5 Å². The number of nitrogens with one attached hydrogen (secondary N) is 2. The summed E-state index contributed by atoms with van der Waals surface area (Å²) in [6, 6.07) is 17.3. The van der Waals surface area contributed by atoms with Crippen LogP contribution >= 0.6 is 11.6 Å². The summed E-state index contributed by atoms with van der Waals surface area (Å²) in [6.07, 6.45) is 1.86. The van der Waals surface area contributed by atoms with E-state index in [0.717, 1.165) is 22.0 Å². The topological polar surface area (TPSA) is 59.1 Å². The van der Waals surface area contributed by atoms with E-state index in [2.05, 4.69) is 20.6 Å². The van der Waals surface area contributed by atoms with Crippen LogP contribution in [0.1, 0.15) is 19.4 Å². The molecule has 0 atom stereocenters. The Morgan fingerprint density at radius 2 is 1.81 bits per heavy atom. The van der Waals surface area contributed by atoms with Crippen molar-refractivity contribution in [2.75, 3.05) is 10.6 Å². The van der Waals surface area contributed by atoms with Crippen LogP contribution < -0.4 is 15.4 Å². The molecule has 0 radical (unpaired) electrons. The van der Waals surface area contributed by atoms with Crippen molar-refractivity contribution < 1.29 is 4.74 Å². The molecular formula is C20H21ClN4O. The van der Waals surface area contributed by atoms with Crippen LogP contribution in [0.3, 0.4) is 0 Å². The van der Waals surface area contributed by atoms with E-state index in [1.807, 2.05) is 68.4 Å². The molecule has 6 heteroatoms. The van der Waals surface area contributed by atoms with E-state index in [0.29, 0.717) is 18.3 Å². The minimum Gasteiger partial charge on any atom is -0.491 e. The third-order valence-electron chi connectivity index (χ3n) is 3.55. The minimum absolute atomic E-state index is 0.155. The third-order valence-corrected chi connectivity index (χ3v) is 3.92. The van der Waals surface area contributed by atoms with Crippen LogP contribution in [0.4, 0.5) is 17.5 Å². The standard InChI is InChI=1S/C20H21ClN4O/c1-14(2)26-17-9-7-16(8-10-17)24-19-11-12-22-20(25-19)23-13-15-5-3-4-6-18(15)21/h3-12,14H,13H2,1-2H3,(H2,22,23,24,25). The molecule has 1 heterocycles. The lowest BCUT2D eigenvalue weighted by atomic mass is 10.2. The third kappa shape index (κ3) is 5.10. The van der Waals surface area contributed by atoms with Crippen molar-refractivity contribution in [3.8, 4) is 5.75 Å². The zero-order valence-corrected chi connectivity index (χ0v) is 15.5. The Hall–Kier alpha value is -2.79. The van der Waals surface area contributed by atoms with Crippen LogP contribution in [0.25, 0.3) is 0 Å². The molecule has 0 spiro atoms. The largest absolute Gasteiger partial charge is 0.491 e. The molecule has 1 aromatic heterocycles. The number of hydrogen-bond acceptors (Lipinski definition) is 5. The fourth-order valence-electron chi connectivity index (χ4n) is 2.37. The van der Waals surface area contributed by atoms with Crippen LogP contribution in [0, 0.1) is 0 Å². The van der Waals surface area contributed by atoms with Crippen molar-refractivity contribution >= 4 is 29.1 Å². The van der Waals surface area contributed by atoms with E-state index in [4.69, 9.17) is 16.3 Å². The van der Waals surface area contributed by atoms with Gasteiger partial charge in [-0.15, -0.1) is 0 Å². The summed E-state index contributed by atoms with van der Waals surface area (Å²) in [5, 5.41) is 7.17. The Morgan fingerprint density at radius 1 is 1.04 bits per heavy atom. The number of nitrogens with zero attached hydrogens (tertiary/aromatic N) is 2. The van der Waals surface area contributed by atoms with Gasteiger partial charge in [0.25, 0.3) is 0 Å². The lowest BCUT2D eigenvalue weighted by Crippen LogP contribution is -2.06. The number of ether oxygens (including phenoxy) is 1. The quantitative estimate of drug-likeness (QED) is 0.594. The summed E-state index contributed by atoms with van der Waals surface area (Å²) in [6.45, 7) is 4.57. The smallest absolute Gasteiger partial charge is 0.224 e. The van der Waals surface area contributed by atoms with Crippen molar-refractivity contribution in [2.24, 2.45) is 0 Å². The van der Waals surface area contributed by atoms with Gasteiger partial charge >= 0.3 is 0 Å². The van der Waals surface area contributed by atoms with Crippen LogP contribution in [-0.4, -0.2) is 16.1 Å². The van der Waals surface area contributed by atoms with E-state index >= 15 is 0 Å². The Balaban J connectivity index is 1.63. The summed E-state index contributed by atoms with van der Waals surface area (Å²) >= 11 is 6.17. The molecule has 2 aromatic carbocycles. The molecule has 0 fully saturated rings. The number of hydrogen-bond donors (Lipinski definition) is 2. The fraction of sp³-hybridized carbons (Fsp3) is 0.200. The van der Waals surface area contributed by atoms with E-state index in [1.54, 1.807) is 6.20 Å². The van der Waals surface area contributed by atoms with Gasteiger partial charge in [0.15, 0.2) is 0 Å². The maximum absolute atomic E-state index is 6.17. The van der Waals surface area contributed by atoms with Gasteiger partial charge in [0.1, 0.15) is 11.6 Å².